The Labute approximate surface area is 148 Å². The monoisotopic (exact) mass is 352 g/mol. The first-order valence-corrected chi connectivity index (χ1v) is 8.40. The second kappa shape index (κ2) is 11.2. The van der Waals surface area contributed by atoms with Gasteiger partial charge in [-0.1, -0.05) is 58.3 Å². The van der Waals surface area contributed by atoms with Gasteiger partial charge in [0.2, 0.25) is 0 Å². The first-order chi connectivity index (χ1) is 11.6. The second-order valence-corrected chi connectivity index (χ2v) is 6.16. The molecule has 0 saturated carbocycles. The van der Waals surface area contributed by atoms with Crippen molar-refractivity contribution in [1.29, 1.82) is 0 Å². The van der Waals surface area contributed by atoms with Gasteiger partial charge in [-0.05, 0) is 13.3 Å². The van der Waals surface area contributed by atoms with Gasteiger partial charge in [0.05, 0.1) is 0 Å². The maximum Gasteiger partial charge on any atom is 0.331 e. The molecule has 0 aromatic rings. The minimum atomic E-state index is -1.19. The highest BCUT2D eigenvalue weighted by atomic mass is 16.4. The van der Waals surface area contributed by atoms with Crippen LogP contribution >= 0.6 is 0 Å². The Morgan fingerprint density at radius 1 is 0.960 bits per heavy atom. The molecule has 0 radical (unpaired) electrons. The van der Waals surface area contributed by atoms with Crippen molar-refractivity contribution in [2.75, 3.05) is 0 Å². The standard InChI is InChI=1S/C19H28O6/c1-5-6-7-8-9-15(10-13(3)17(20)21)16(19(24)25)11-12(2)14(4)18(22)23/h10-12,15H,4-9H2,1-3H3,(H,20,21)(H,22,23)(H,24,25). The zero-order valence-electron chi connectivity index (χ0n) is 15.1. The largest absolute Gasteiger partial charge is 0.478 e. The van der Waals surface area contributed by atoms with Crippen molar-refractivity contribution in [3.8, 4) is 0 Å². The molecule has 0 amide bonds. The summed E-state index contributed by atoms with van der Waals surface area (Å²) in [6.45, 7) is 8.49. The molecule has 6 heteroatoms. The summed E-state index contributed by atoms with van der Waals surface area (Å²) >= 11 is 0. The zero-order valence-corrected chi connectivity index (χ0v) is 15.1. The van der Waals surface area contributed by atoms with E-state index < -0.39 is 29.7 Å². The lowest BCUT2D eigenvalue weighted by atomic mass is 9.87. The fourth-order valence-electron chi connectivity index (χ4n) is 2.41. The fraction of sp³-hybridized carbons (Fsp3) is 0.526. The fourth-order valence-corrected chi connectivity index (χ4v) is 2.41. The average Bonchev–Trinajstić information content (AvgIpc) is 2.53. The highest BCUT2D eigenvalue weighted by Gasteiger charge is 2.22. The lowest BCUT2D eigenvalue weighted by Gasteiger charge is -2.17. The molecule has 0 bridgehead atoms. The molecule has 0 saturated heterocycles. The van der Waals surface area contributed by atoms with Gasteiger partial charge >= 0.3 is 17.9 Å². The number of carbonyl (C=O) groups is 3. The van der Waals surface area contributed by atoms with Crippen LogP contribution in [-0.2, 0) is 14.4 Å². The summed E-state index contributed by atoms with van der Waals surface area (Å²) in [6.07, 6.45) is 7.03. The lowest BCUT2D eigenvalue weighted by molar-refractivity contribution is -0.134. The van der Waals surface area contributed by atoms with E-state index >= 15 is 0 Å². The maximum absolute atomic E-state index is 11.7. The third-order valence-electron chi connectivity index (χ3n) is 4.06. The minimum Gasteiger partial charge on any atom is -0.478 e. The molecule has 25 heavy (non-hydrogen) atoms. The summed E-state index contributed by atoms with van der Waals surface area (Å²) in [6, 6.07) is 0. The van der Waals surface area contributed by atoms with E-state index in [0.717, 1.165) is 25.7 Å². The molecular weight excluding hydrogens is 324 g/mol. The molecular formula is C19H28O6. The topological polar surface area (TPSA) is 112 Å². The van der Waals surface area contributed by atoms with E-state index in [2.05, 4.69) is 13.5 Å². The van der Waals surface area contributed by atoms with Crippen molar-refractivity contribution in [3.63, 3.8) is 0 Å². The van der Waals surface area contributed by atoms with Crippen LogP contribution in [0.3, 0.4) is 0 Å². The molecule has 0 rings (SSSR count). The number of rotatable bonds is 12. The molecule has 0 heterocycles. The van der Waals surface area contributed by atoms with Gasteiger partial charge in [0.1, 0.15) is 0 Å². The molecule has 0 aliphatic heterocycles. The molecule has 3 N–H and O–H groups in total. The van der Waals surface area contributed by atoms with Gasteiger partial charge in [-0.2, -0.15) is 0 Å². The molecule has 2 atom stereocenters. The van der Waals surface area contributed by atoms with Crippen molar-refractivity contribution in [1.82, 2.24) is 0 Å². The summed E-state index contributed by atoms with van der Waals surface area (Å²) in [5.74, 6) is -4.73. The molecule has 0 aromatic carbocycles. The molecule has 140 valence electrons. The smallest absolute Gasteiger partial charge is 0.331 e. The predicted octanol–water partition coefficient (Wildman–Crippen LogP) is 3.89. The molecule has 0 aliphatic carbocycles. The van der Waals surface area contributed by atoms with Gasteiger partial charge < -0.3 is 15.3 Å². The number of carboxylic acids is 3. The summed E-state index contributed by atoms with van der Waals surface area (Å²) in [5.41, 5.74) is -0.0354. The Kier molecular flexibility index (Phi) is 10.2. The average molecular weight is 352 g/mol. The number of hydrogen-bond acceptors (Lipinski definition) is 3. The summed E-state index contributed by atoms with van der Waals surface area (Å²) in [7, 11) is 0. The molecule has 6 nitrogen and oxygen atoms in total. The number of carboxylic acid groups (broad SMARTS) is 3. The van der Waals surface area contributed by atoms with Crippen molar-refractivity contribution in [2.45, 2.75) is 52.9 Å². The molecule has 0 spiro atoms. The highest BCUT2D eigenvalue weighted by molar-refractivity contribution is 5.91. The van der Waals surface area contributed by atoms with Crippen molar-refractivity contribution in [2.24, 2.45) is 11.8 Å². The highest BCUT2D eigenvalue weighted by Crippen LogP contribution is 2.25. The first kappa shape index (κ1) is 22.6. The summed E-state index contributed by atoms with van der Waals surface area (Å²) in [5, 5.41) is 27.6. The molecule has 0 aromatic heterocycles. The van der Waals surface area contributed by atoms with E-state index in [1.807, 2.05) is 0 Å². The van der Waals surface area contributed by atoms with Crippen LogP contribution < -0.4 is 0 Å². The Bertz CT molecular complexity index is 570. The van der Waals surface area contributed by atoms with Gasteiger partial charge in [0, 0.05) is 28.6 Å². The SMILES string of the molecule is C=C(C(=O)O)C(C)C=C(C(=O)O)C(C=C(C)C(=O)O)CCCCCC. The van der Waals surface area contributed by atoms with Crippen LogP contribution in [0.5, 0.6) is 0 Å². The van der Waals surface area contributed by atoms with Gasteiger partial charge in [-0.15, -0.1) is 0 Å². The van der Waals surface area contributed by atoms with Crippen molar-refractivity contribution >= 4 is 17.9 Å². The second-order valence-electron chi connectivity index (χ2n) is 6.16. The van der Waals surface area contributed by atoms with E-state index in [1.165, 1.54) is 19.1 Å². The van der Waals surface area contributed by atoms with Gasteiger partial charge in [0.25, 0.3) is 0 Å². The van der Waals surface area contributed by atoms with E-state index in [4.69, 9.17) is 10.2 Å². The third kappa shape index (κ3) is 8.33. The van der Waals surface area contributed by atoms with Crippen LogP contribution in [0.25, 0.3) is 0 Å². The molecule has 0 aliphatic rings. The number of unbranched alkanes of at least 4 members (excludes halogenated alkanes) is 3. The van der Waals surface area contributed by atoms with E-state index in [1.54, 1.807) is 6.92 Å². The lowest BCUT2D eigenvalue weighted by Crippen LogP contribution is -2.16. The quantitative estimate of drug-likeness (QED) is 0.363. The maximum atomic E-state index is 11.7. The van der Waals surface area contributed by atoms with E-state index in [9.17, 15) is 19.5 Å². The van der Waals surface area contributed by atoms with Crippen LogP contribution in [0.15, 0.2) is 35.5 Å². The van der Waals surface area contributed by atoms with Crippen LogP contribution in [0.4, 0.5) is 0 Å². The minimum absolute atomic E-state index is 0.00648. The van der Waals surface area contributed by atoms with E-state index in [0.29, 0.717) is 6.42 Å². The third-order valence-corrected chi connectivity index (χ3v) is 4.06. The van der Waals surface area contributed by atoms with Crippen LogP contribution in [0.2, 0.25) is 0 Å². The number of hydrogen-bond donors (Lipinski definition) is 3. The van der Waals surface area contributed by atoms with Crippen LogP contribution in [-0.4, -0.2) is 33.2 Å². The Morgan fingerprint density at radius 2 is 1.56 bits per heavy atom. The van der Waals surface area contributed by atoms with Crippen molar-refractivity contribution in [3.05, 3.63) is 35.5 Å². The Balaban J connectivity index is 5.65. The predicted molar refractivity (Wildman–Crippen MR) is 95.3 cm³/mol. The van der Waals surface area contributed by atoms with E-state index in [-0.39, 0.29) is 16.7 Å². The summed E-state index contributed by atoms with van der Waals surface area (Å²) < 4.78 is 0. The first-order valence-electron chi connectivity index (χ1n) is 8.40. The van der Waals surface area contributed by atoms with Crippen LogP contribution in [0, 0.1) is 11.8 Å². The molecule has 0 fully saturated rings. The Hall–Kier alpha value is -2.37. The normalized spacial score (nSPS) is 14.7. The van der Waals surface area contributed by atoms with Gasteiger partial charge in [-0.25, -0.2) is 14.4 Å². The summed E-state index contributed by atoms with van der Waals surface area (Å²) in [4.78, 5) is 33.8. The van der Waals surface area contributed by atoms with Crippen molar-refractivity contribution < 1.29 is 29.7 Å². The zero-order chi connectivity index (χ0) is 19.6. The van der Waals surface area contributed by atoms with Gasteiger partial charge in [0.15, 0.2) is 0 Å². The Morgan fingerprint density at radius 3 is 2.00 bits per heavy atom. The number of aliphatic carboxylic acids is 3. The van der Waals surface area contributed by atoms with Crippen LogP contribution in [0.1, 0.15) is 52.9 Å². The number of allylic oxidation sites excluding steroid dienone is 2. The molecule has 2 unspecified atom stereocenters. The van der Waals surface area contributed by atoms with Gasteiger partial charge in [-0.3, -0.25) is 0 Å².